The van der Waals surface area contributed by atoms with Crippen LogP contribution in [-0.4, -0.2) is 43.1 Å². The number of pyridine rings is 1. The zero-order chi connectivity index (χ0) is 19.6. The van der Waals surface area contributed by atoms with Crippen LogP contribution in [0.4, 0.5) is 10.5 Å². The fourth-order valence-electron chi connectivity index (χ4n) is 3.52. The summed E-state index contributed by atoms with van der Waals surface area (Å²) in [6.07, 6.45) is 0. The predicted molar refractivity (Wildman–Crippen MR) is 106 cm³/mol. The SMILES string of the molecule is CN(C)C(CNC(=O)N1CC(C)(C)c2nc(C#N)ccc21)c1ccccc1. The molecule has 3 rings (SSSR count). The first-order valence-corrected chi connectivity index (χ1v) is 9.02. The summed E-state index contributed by atoms with van der Waals surface area (Å²) in [5.41, 5.74) is 2.81. The molecular formula is C21H25N5O. The molecule has 0 bridgehead atoms. The van der Waals surface area contributed by atoms with E-state index >= 15 is 0 Å². The third-order valence-electron chi connectivity index (χ3n) is 4.97. The number of amides is 2. The number of hydrogen-bond donors (Lipinski definition) is 1. The summed E-state index contributed by atoms with van der Waals surface area (Å²) in [6, 6.07) is 15.6. The molecule has 27 heavy (non-hydrogen) atoms. The molecule has 2 heterocycles. The zero-order valence-corrected chi connectivity index (χ0v) is 16.2. The largest absolute Gasteiger partial charge is 0.336 e. The highest BCUT2D eigenvalue weighted by Gasteiger charge is 2.39. The molecular weight excluding hydrogens is 338 g/mol. The van der Waals surface area contributed by atoms with E-state index < -0.39 is 0 Å². The van der Waals surface area contributed by atoms with Gasteiger partial charge in [0.1, 0.15) is 11.8 Å². The van der Waals surface area contributed by atoms with Crippen molar-refractivity contribution in [3.05, 3.63) is 59.4 Å². The monoisotopic (exact) mass is 363 g/mol. The fraction of sp³-hybridized carbons (Fsp3) is 0.381. The molecule has 0 saturated carbocycles. The number of rotatable bonds is 4. The molecule has 1 N–H and O–H groups in total. The lowest BCUT2D eigenvalue weighted by Gasteiger charge is -2.27. The summed E-state index contributed by atoms with van der Waals surface area (Å²) in [5, 5.41) is 12.2. The molecule has 1 unspecified atom stereocenters. The summed E-state index contributed by atoms with van der Waals surface area (Å²) >= 11 is 0. The summed E-state index contributed by atoms with van der Waals surface area (Å²) in [6.45, 7) is 5.12. The van der Waals surface area contributed by atoms with Gasteiger partial charge < -0.3 is 10.2 Å². The smallest absolute Gasteiger partial charge is 0.322 e. The van der Waals surface area contributed by atoms with Crippen molar-refractivity contribution >= 4 is 11.7 Å². The van der Waals surface area contributed by atoms with Gasteiger partial charge in [0.2, 0.25) is 0 Å². The lowest BCUT2D eigenvalue weighted by molar-refractivity contribution is 0.237. The first-order valence-electron chi connectivity index (χ1n) is 9.02. The quantitative estimate of drug-likeness (QED) is 0.906. The maximum Gasteiger partial charge on any atom is 0.322 e. The predicted octanol–water partition coefficient (Wildman–Crippen LogP) is 3.06. The van der Waals surface area contributed by atoms with Gasteiger partial charge in [0.25, 0.3) is 0 Å². The summed E-state index contributed by atoms with van der Waals surface area (Å²) in [7, 11) is 4.01. The third kappa shape index (κ3) is 3.79. The van der Waals surface area contributed by atoms with Gasteiger partial charge in [-0.2, -0.15) is 5.26 Å². The van der Waals surface area contributed by atoms with E-state index in [4.69, 9.17) is 5.26 Å². The number of anilines is 1. The van der Waals surface area contributed by atoms with Crippen LogP contribution in [0.5, 0.6) is 0 Å². The number of urea groups is 1. The van der Waals surface area contributed by atoms with Crippen LogP contribution in [0.1, 0.15) is 36.8 Å². The van der Waals surface area contributed by atoms with Gasteiger partial charge in [-0.1, -0.05) is 44.2 Å². The van der Waals surface area contributed by atoms with Crippen molar-refractivity contribution < 1.29 is 4.79 Å². The number of fused-ring (bicyclic) bond motifs is 1. The Kier molecular flexibility index (Phi) is 5.15. The molecule has 6 nitrogen and oxygen atoms in total. The van der Waals surface area contributed by atoms with Crippen molar-refractivity contribution in [2.75, 3.05) is 32.1 Å². The van der Waals surface area contributed by atoms with Gasteiger partial charge in [0, 0.05) is 18.5 Å². The Morgan fingerprint density at radius 3 is 2.63 bits per heavy atom. The van der Waals surface area contributed by atoms with Crippen LogP contribution in [0.15, 0.2) is 42.5 Å². The first-order chi connectivity index (χ1) is 12.8. The molecule has 140 valence electrons. The van der Waals surface area contributed by atoms with Crippen molar-refractivity contribution in [3.63, 3.8) is 0 Å². The first kappa shape index (κ1) is 18.9. The second kappa shape index (κ2) is 7.37. The molecule has 1 aliphatic heterocycles. The Bertz CT molecular complexity index is 870. The van der Waals surface area contributed by atoms with Gasteiger partial charge >= 0.3 is 6.03 Å². The van der Waals surface area contributed by atoms with Crippen molar-refractivity contribution in [1.29, 1.82) is 5.26 Å². The molecule has 0 saturated heterocycles. The molecule has 2 amide bonds. The van der Waals surface area contributed by atoms with Gasteiger partial charge in [-0.15, -0.1) is 0 Å². The Hall–Kier alpha value is -2.91. The molecule has 1 aromatic carbocycles. The molecule has 1 atom stereocenters. The molecule has 6 heteroatoms. The van der Waals surface area contributed by atoms with Gasteiger partial charge in [-0.25, -0.2) is 9.78 Å². The van der Waals surface area contributed by atoms with E-state index in [1.165, 1.54) is 0 Å². The number of carbonyl (C=O) groups excluding carboxylic acids is 1. The topological polar surface area (TPSA) is 72.3 Å². The Morgan fingerprint density at radius 2 is 2.00 bits per heavy atom. The highest BCUT2D eigenvalue weighted by Crippen LogP contribution is 2.39. The molecule has 0 spiro atoms. The lowest BCUT2D eigenvalue weighted by Crippen LogP contribution is -2.44. The second-order valence-corrected chi connectivity index (χ2v) is 7.72. The molecule has 2 aromatic rings. The van der Waals surface area contributed by atoms with Crippen LogP contribution in [0.2, 0.25) is 0 Å². The fourth-order valence-corrected chi connectivity index (χ4v) is 3.52. The van der Waals surface area contributed by atoms with Gasteiger partial charge in [-0.05, 0) is 31.8 Å². The molecule has 0 radical (unpaired) electrons. The van der Waals surface area contributed by atoms with Crippen molar-refractivity contribution in [2.45, 2.75) is 25.3 Å². The molecule has 0 fully saturated rings. The number of nitrogens with one attached hydrogen (secondary N) is 1. The minimum Gasteiger partial charge on any atom is -0.336 e. The normalized spacial score (nSPS) is 15.9. The van der Waals surface area contributed by atoms with Crippen LogP contribution in [-0.2, 0) is 5.41 Å². The number of hydrogen-bond acceptors (Lipinski definition) is 4. The van der Waals surface area contributed by atoms with Crippen LogP contribution >= 0.6 is 0 Å². The maximum atomic E-state index is 12.9. The van der Waals surface area contributed by atoms with Crippen molar-refractivity contribution in [1.82, 2.24) is 15.2 Å². The summed E-state index contributed by atoms with van der Waals surface area (Å²) < 4.78 is 0. The molecule has 1 aromatic heterocycles. The number of benzene rings is 1. The van der Waals surface area contributed by atoms with Crippen molar-refractivity contribution in [2.24, 2.45) is 0 Å². The minimum atomic E-state index is -0.292. The van der Waals surface area contributed by atoms with E-state index in [1.807, 2.05) is 52.2 Å². The number of nitrogens with zero attached hydrogens (tertiary/aromatic N) is 4. The zero-order valence-electron chi connectivity index (χ0n) is 16.2. The van der Waals surface area contributed by atoms with E-state index in [-0.39, 0.29) is 17.5 Å². The molecule has 1 aliphatic rings. The average molecular weight is 363 g/mol. The number of carbonyl (C=O) groups is 1. The average Bonchev–Trinajstić information content (AvgIpc) is 2.93. The lowest BCUT2D eigenvalue weighted by atomic mass is 9.91. The Labute approximate surface area is 160 Å². The Balaban J connectivity index is 1.77. The minimum absolute atomic E-state index is 0.0873. The van der Waals surface area contributed by atoms with Crippen molar-refractivity contribution in [3.8, 4) is 6.07 Å². The highest BCUT2D eigenvalue weighted by atomic mass is 16.2. The van der Waals surface area contributed by atoms with Gasteiger partial charge in [0.15, 0.2) is 0 Å². The van der Waals surface area contributed by atoms with Gasteiger partial charge in [-0.3, -0.25) is 4.90 Å². The van der Waals surface area contributed by atoms with Crippen LogP contribution in [0.25, 0.3) is 0 Å². The standard InChI is InChI=1S/C21H25N5O/c1-21(2)14-26(17-11-10-16(12-22)24-19(17)21)20(27)23-13-18(25(3)4)15-8-6-5-7-9-15/h5-11,18H,13-14H2,1-4H3,(H,23,27). The number of likely N-dealkylation sites (N-methyl/N-ethyl adjacent to an activating group) is 1. The van der Waals surface area contributed by atoms with E-state index in [0.29, 0.717) is 18.8 Å². The third-order valence-corrected chi connectivity index (χ3v) is 4.97. The number of aromatic nitrogens is 1. The second-order valence-electron chi connectivity index (χ2n) is 7.72. The van der Waals surface area contributed by atoms with Crippen LogP contribution in [0.3, 0.4) is 0 Å². The summed E-state index contributed by atoms with van der Waals surface area (Å²) in [5.74, 6) is 0. The maximum absolute atomic E-state index is 12.9. The van der Waals surface area contributed by atoms with E-state index in [0.717, 1.165) is 16.9 Å². The van der Waals surface area contributed by atoms with Crippen LogP contribution < -0.4 is 10.2 Å². The van der Waals surface area contributed by atoms with Gasteiger partial charge in [0.05, 0.1) is 17.4 Å². The number of nitriles is 1. The van der Waals surface area contributed by atoms with E-state index in [1.54, 1.807) is 11.0 Å². The summed E-state index contributed by atoms with van der Waals surface area (Å²) in [4.78, 5) is 21.2. The molecule has 0 aliphatic carbocycles. The highest BCUT2D eigenvalue weighted by molar-refractivity contribution is 5.94. The van der Waals surface area contributed by atoms with E-state index in [2.05, 4.69) is 33.4 Å². The van der Waals surface area contributed by atoms with E-state index in [9.17, 15) is 4.79 Å². The Morgan fingerprint density at radius 1 is 1.30 bits per heavy atom. The van der Waals surface area contributed by atoms with Crippen LogP contribution in [0, 0.1) is 11.3 Å².